The van der Waals surface area contributed by atoms with E-state index < -0.39 is 0 Å². The van der Waals surface area contributed by atoms with Gasteiger partial charge in [-0.15, -0.1) is 29.9 Å². The van der Waals surface area contributed by atoms with Crippen molar-refractivity contribution < 1.29 is 4.79 Å². The first-order chi connectivity index (χ1) is 13.2. The van der Waals surface area contributed by atoms with Crippen molar-refractivity contribution in [2.75, 3.05) is 39.3 Å². The van der Waals surface area contributed by atoms with E-state index in [2.05, 4.69) is 26.6 Å². The SMILES string of the molecule is Cl.Cl.O=C(c1cn(C2CCNCC2)nn1)N1CCN(Cc2cccc(Cl)c2)CC1. The zero-order valence-corrected chi connectivity index (χ0v) is 18.6. The molecule has 1 aromatic carbocycles. The smallest absolute Gasteiger partial charge is 0.276 e. The summed E-state index contributed by atoms with van der Waals surface area (Å²) >= 11 is 6.06. The highest BCUT2D eigenvalue weighted by Gasteiger charge is 2.25. The minimum absolute atomic E-state index is 0. The molecule has 2 aliphatic rings. The summed E-state index contributed by atoms with van der Waals surface area (Å²) in [6.07, 6.45) is 3.87. The van der Waals surface area contributed by atoms with Gasteiger partial charge in [-0.2, -0.15) is 0 Å². The molecule has 2 aromatic rings. The fourth-order valence-corrected chi connectivity index (χ4v) is 4.00. The molecule has 0 atom stereocenters. The second kappa shape index (κ2) is 11.1. The second-order valence-corrected chi connectivity index (χ2v) is 7.70. The van der Waals surface area contributed by atoms with Crippen molar-refractivity contribution in [2.24, 2.45) is 0 Å². The van der Waals surface area contributed by atoms with Crippen molar-refractivity contribution in [2.45, 2.75) is 25.4 Å². The van der Waals surface area contributed by atoms with Crippen LogP contribution in [0.1, 0.15) is 34.9 Å². The lowest BCUT2D eigenvalue weighted by Gasteiger charge is -2.34. The molecule has 29 heavy (non-hydrogen) atoms. The van der Waals surface area contributed by atoms with Gasteiger partial charge in [0.05, 0.1) is 12.2 Å². The van der Waals surface area contributed by atoms with Gasteiger partial charge in [0.1, 0.15) is 0 Å². The van der Waals surface area contributed by atoms with Gasteiger partial charge in [-0.1, -0.05) is 28.9 Å². The van der Waals surface area contributed by atoms with E-state index in [1.807, 2.05) is 34.0 Å². The number of aromatic nitrogens is 3. The molecule has 1 aromatic heterocycles. The third-order valence-corrected chi connectivity index (χ3v) is 5.60. The lowest BCUT2D eigenvalue weighted by molar-refractivity contribution is 0.0622. The summed E-state index contributed by atoms with van der Waals surface area (Å²) in [5.74, 6) is -0.0161. The van der Waals surface area contributed by atoms with Crippen molar-refractivity contribution in [1.29, 1.82) is 0 Å². The number of amides is 1. The number of carbonyl (C=O) groups excluding carboxylic acids is 1. The summed E-state index contributed by atoms with van der Waals surface area (Å²) in [5, 5.41) is 12.4. The van der Waals surface area contributed by atoms with Gasteiger partial charge in [0.25, 0.3) is 5.91 Å². The quantitative estimate of drug-likeness (QED) is 0.758. The largest absolute Gasteiger partial charge is 0.335 e. The molecule has 0 bridgehead atoms. The van der Waals surface area contributed by atoms with Gasteiger partial charge in [-0.3, -0.25) is 9.69 Å². The molecule has 2 fully saturated rings. The van der Waals surface area contributed by atoms with E-state index in [0.717, 1.165) is 50.6 Å². The van der Waals surface area contributed by atoms with Crippen LogP contribution >= 0.6 is 36.4 Å². The van der Waals surface area contributed by atoms with Crippen LogP contribution in [-0.2, 0) is 6.54 Å². The monoisotopic (exact) mass is 460 g/mol. The van der Waals surface area contributed by atoms with E-state index in [4.69, 9.17) is 11.6 Å². The number of halogens is 3. The van der Waals surface area contributed by atoms with Crippen LogP contribution < -0.4 is 5.32 Å². The Morgan fingerprint density at radius 1 is 1.14 bits per heavy atom. The van der Waals surface area contributed by atoms with Crippen molar-refractivity contribution in [1.82, 2.24) is 30.1 Å². The van der Waals surface area contributed by atoms with E-state index in [1.54, 1.807) is 0 Å². The molecule has 4 rings (SSSR count). The number of nitrogens with zero attached hydrogens (tertiary/aromatic N) is 5. The van der Waals surface area contributed by atoms with Crippen molar-refractivity contribution in [3.8, 4) is 0 Å². The van der Waals surface area contributed by atoms with E-state index in [-0.39, 0.29) is 30.7 Å². The normalized spacial score (nSPS) is 18.0. The fourth-order valence-electron chi connectivity index (χ4n) is 3.79. The Labute approximate surface area is 188 Å². The molecule has 0 saturated carbocycles. The first-order valence-corrected chi connectivity index (χ1v) is 9.95. The molecule has 3 heterocycles. The Kier molecular flexibility index (Phi) is 9.17. The Morgan fingerprint density at radius 2 is 1.86 bits per heavy atom. The molecule has 2 aliphatic heterocycles. The fraction of sp³-hybridized carbons (Fsp3) is 0.526. The Balaban J connectivity index is 0.00000150. The first-order valence-electron chi connectivity index (χ1n) is 9.58. The van der Waals surface area contributed by atoms with Gasteiger partial charge in [0, 0.05) is 37.7 Å². The maximum atomic E-state index is 12.8. The van der Waals surface area contributed by atoms with Crippen molar-refractivity contribution >= 4 is 42.3 Å². The molecular weight excluding hydrogens is 435 g/mol. The topological polar surface area (TPSA) is 66.3 Å². The van der Waals surface area contributed by atoms with Gasteiger partial charge < -0.3 is 10.2 Å². The number of hydrogen-bond acceptors (Lipinski definition) is 5. The lowest BCUT2D eigenvalue weighted by atomic mass is 10.1. The van der Waals surface area contributed by atoms with E-state index in [1.165, 1.54) is 5.56 Å². The molecule has 0 unspecified atom stereocenters. The summed E-state index contributed by atoms with van der Waals surface area (Å²) in [7, 11) is 0. The third-order valence-electron chi connectivity index (χ3n) is 5.37. The minimum atomic E-state index is -0.0161. The van der Waals surface area contributed by atoms with Gasteiger partial charge in [0.15, 0.2) is 5.69 Å². The van der Waals surface area contributed by atoms with Crippen molar-refractivity contribution in [3.05, 3.63) is 46.7 Å². The van der Waals surface area contributed by atoms with Crippen LogP contribution in [0.4, 0.5) is 0 Å². The number of hydrogen-bond donors (Lipinski definition) is 1. The second-order valence-electron chi connectivity index (χ2n) is 7.26. The minimum Gasteiger partial charge on any atom is -0.335 e. The van der Waals surface area contributed by atoms with Crippen molar-refractivity contribution in [3.63, 3.8) is 0 Å². The number of benzene rings is 1. The summed E-state index contributed by atoms with van der Waals surface area (Å²) in [4.78, 5) is 17.0. The molecule has 0 radical (unpaired) electrons. The summed E-state index contributed by atoms with van der Waals surface area (Å²) in [6.45, 7) is 5.94. The Hall–Kier alpha value is -1.38. The van der Waals surface area contributed by atoms with Crippen LogP contribution in [-0.4, -0.2) is 70.0 Å². The van der Waals surface area contributed by atoms with Crippen LogP contribution in [0.25, 0.3) is 0 Å². The summed E-state index contributed by atoms with van der Waals surface area (Å²) < 4.78 is 1.86. The van der Waals surface area contributed by atoms with Gasteiger partial charge in [-0.05, 0) is 43.6 Å². The average molecular weight is 462 g/mol. The molecule has 7 nitrogen and oxygen atoms in total. The number of piperidine rings is 1. The van der Waals surface area contributed by atoms with E-state index >= 15 is 0 Å². The predicted octanol–water partition coefficient (Wildman–Crippen LogP) is 2.66. The molecular formula is C19H27Cl3N6O. The highest BCUT2D eigenvalue weighted by Crippen LogP contribution is 2.18. The number of carbonyl (C=O) groups is 1. The molecule has 10 heteroatoms. The average Bonchev–Trinajstić information content (AvgIpc) is 3.19. The van der Waals surface area contributed by atoms with Gasteiger partial charge in [-0.25, -0.2) is 4.68 Å². The van der Waals surface area contributed by atoms with Crippen LogP contribution in [0.15, 0.2) is 30.5 Å². The van der Waals surface area contributed by atoms with Crippen LogP contribution in [0.2, 0.25) is 5.02 Å². The molecule has 0 spiro atoms. The Bertz CT molecular complexity index is 788. The molecule has 1 amide bonds. The van der Waals surface area contributed by atoms with Gasteiger partial charge in [0.2, 0.25) is 0 Å². The standard InChI is InChI=1S/C19H25ClN6O.2ClH/c20-16-3-1-2-15(12-16)13-24-8-10-25(11-9-24)19(27)18-14-26(23-22-18)17-4-6-21-7-5-17;;/h1-3,12,14,17,21H,4-11,13H2;2*1H. The zero-order chi connectivity index (χ0) is 18.6. The Morgan fingerprint density at radius 3 is 2.55 bits per heavy atom. The maximum Gasteiger partial charge on any atom is 0.276 e. The first kappa shape index (κ1) is 23.9. The molecule has 0 aliphatic carbocycles. The number of piperazine rings is 1. The van der Waals surface area contributed by atoms with Crippen LogP contribution in [0, 0.1) is 0 Å². The van der Waals surface area contributed by atoms with Crippen LogP contribution in [0.5, 0.6) is 0 Å². The zero-order valence-electron chi connectivity index (χ0n) is 16.2. The third kappa shape index (κ3) is 6.06. The van der Waals surface area contributed by atoms with E-state index in [9.17, 15) is 4.79 Å². The number of rotatable bonds is 4. The summed E-state index contributed by atoms with van der Waals surface area (Å²) in [5.41, 5.74) is 1.66. The predicted molar refractivity (Wildman–Crippen MR) is 118 cm³/mol. The maximum absolute atomic E-state index is 12.8. The highest BCUT2D eigenvalue weighted by atomic mass is 35.5. The van der Waals surface area contributed by atoms with Gasteiger partial charge >= 0.3 is 0 Å². The van der Waals surface area contributed by atoms with Crippen LogP contribution in [0.3, 0.4) is 0 Å². The number of nitrogens with one attached hydrogen (secondary N) is 1. The lowest BCUT2D eigenvalue weighted by Crippen LogP contribution is -2.48. The highest BCUT2D eigenvalue weighted by molar-refractivity contribution is 6.30. The summed E-state index contributed by atoms with van der Waals surface area (Å²) in [6, 6.07) is 8.29. The van der Waals surface area contributed by atoms with E-state index in [0.29, 0.717) is 24.8 Å². The molecule has 1 N–H and O–H groups in total. The molecule has 160 valence electrons. The molecule has 2 saturated heterocycles.